The molecule has 0 radical (unpaired) electrons. The minimum atomic E-state index is -0.386. The highest BCUT2D eigenvalue weighted by molar-refractivity contribution is 5.86. The smallest absolute Gasteiger partial charge is 0.330 e. The zero-order valence-corrected chi connectivity index (χ0v) is 11.0. The van der Waals surface area contributed by atoms with Gasteiger partial charge in [-0.15, -0.1) is 0 Å². The summed E-state index contributed by atoms with van der Waals surface area (Å²) < 4.78 is 6.29. The molecule has 2 aromatic rings. The van der Waals surface area contributed by atoms with Gasteiger partial charge in [0.1, 0.15) is 0 Å². The number of nitrogens with zero attached hydrogens (tertiary/aromatic N) is 2. The summed E-state index contributed by atoms with van der Waals surface area (Å²) in [6.07, 6.45) is 7.14. The Balaban J connectivity index is 2.07. The number of hydrogen-bond acceptors (Lipinski definition) is 4. The minimum absolute atomic E-state index is 0.386. The SMILES string of the molecule is COC(=O)C=Cc1ccc(Cn2ccnc2C=O)cc1. The molecule has 0 saturated heterocycles. The van der Waals surface area contributed by atoms with E-state index < -0.39 is 0 Å². The lowest BCUT2D eigenvalue weighted by Crippen LogP contribution is -2.03. The Kier molecular flexibility index (Phi) is 4.44. The molecule has 5 heteroatoms. The molecule has 0 aliphatic heterocycles. The van der Waals surface area contributed by atoms with Gasteiger partial charge in [-0.3, -0.25) is 4.79 Å². The van der Waals surface area contributed by atoms with Crippen molar-refractivity contribution in [2.75, 3.05) is 7.11 Å². The van der Waals surface area contributed by atoms with Crippen molar-refractivity contribution in [2.24, 2.45) is 0 Å². The third-order valence-corrected chi connectivity index (χ3v) is 2.80. The van der Waals surface area contributed by atoms with Gasteiger partial charge in [-0.1, -0.05) is 24.3 Å². The first-order chi connectivity index (χ1) is 9.72. The van der Waals surface area contributed by atoms with Gasteiger partial charge in [0.05, 0.1) is 7.11 Å². The highest BCUT2D eigenvalue weighted by atomic mass is 16.5. The van der Waals surface area contributed by atoms with Crippen LogP contribution in [-0.2, 0) is 16.1 Å². The molecule has 5 nitrogen and oxygen atoms in total. The van der Waals surface area contributed by atoms with Crippen LogP contribution in [0.15, 0.2) is 42.7 Å². The van der Waals surface area contributed by atoms with Crippen LogP contribution in [0.5, 0.6) is 0 Å². The maximum Gasteiger partial charge on any atom is 0.330 e. The molecule has 1 aromatic heterocycles. The summed E-state index contributed by atoms with van der Waals surface area (Å²) in [6.45, 7) is 0.578. The van der Waals surface area contributed by atoms with E-state index in [-0.39, 0.29) is 5.97 Å². The molecule has 0 aliphatic rings. The van der Waals surface area contributed by atoms with Crippen molar-refractivity contribution in [1.82, 2.24) is 9.55 Å². The van der Waals surface area contributed by atoms with E-state index in [4.69, 9.17) is 0 Å². The summed E-state index contributed by atoms with van der Waals surface area (Å²) in [5.41, 5.74) is 1.95. The molecule has 2 rings (SSSR count). The van der Waals surface area contributed by atoms with Crippen LogP contribution >= 0.6 is 0 Å². The summed E-state index contributed by atoms with van der Waals surface area (Å²) in [5.74, 6) is 0.0165. The van der Waals surface area contributed by atoms with Crippen LogP contribution in [-0.4, -0.2) is 28.9 Å². The first-order valence-corrected chi connectivity index (χ1v) is 6.04. The Labute approximate surface area is 116 Å². The normalized spacial score (nSPS) is 10.7. The Morgan fingerprint density at radius 3 is 2.75 bits per heavy atom. The minimum Gasteiger partial charge on any atom is -0.466 e. The van der Waals surface area contributed by atoms with Crippen molar-refractivity contribution in [3.05, 3.63) is 59.7 Å². The molecule has 1 heterocycles. The third kappa shape index (κ3) is 3.41. The van der Waals surface area contributed by atoms with Gasteiger partial charge in [0.2, 0.25) is 0 Å². The summed E-state index contributed by atoms with van der Waals surface area (Å²) in [6, 6.07) is 7.66. The Bertz CT molecular complexity index is 627. The average Bonchev–Trinajstić information content (AvgIpc) is 2.93. The number of aromatic nitrogens is 2. The molecule has 0 aliphatic carbocycles. The standard InChI is InChI=1S/C15H14N2O3/c1-20-15(19)7-6-12-2-4-13(5-3-12)10-17-9-8-16-14(17)11-18/h2-9,11H,10H2,1H3. The van der Waals surface area contributed by atoms with Crippen molar-refractivity contribution in [1.29, 1.82) is 0 Å². The molecule has 0 atom stereocenters. The van der Waals surface area contributed by atoms with Crippen molar-refractivity contribution in [2.45, 2.75) is 6.54 Å². The quantitative estimate of drug-likeness (QED) is 0.473. The van der Waals surface area contributed by atoms with Gasteiger partial charge in [0.25, 0.3) is 0 Å². The number of carbonyl (C=O) groups excluding carboxylic acids is 2. The number of rotatable bonds is 5. The van der Waals surface area contributed by atoms with Crippen LogP contribution in [0.4, 0.5) is 0 Å². The van der Waals surface area contributed by atoms with Gasteiger partial charge in [0.15, 0.2) is 12.1 Å². The molecule has 20 heavy (non-hydrogen) atoms. The molecular weight excluding hydrogens is 256 g/mol. The summed E-state index contributed by atoms with van der Waals surface area (Å²) in [4.78, 5) is 25.7. The second-order valence-corrected chi connectivity index (χ2v) is 4.13. The fraction of sp³-hybridized carbons (Fsp3) is 0.133. The Morgan fingerprint density at radius 1 is 1.35 bits per heavy atom. The topological polar surface area (TPSA) is 61.2 Å². The maximum atomic E-state index is 11.0. The molecule has 0 amide bonds. The van der Waals surface area contributed by atoms with Gasteiger partial charge >= 0.3 is 5.97 Å². The number of methoxy groups -OCH3 is 1. The summed E-state index contributed by atoms with van der Waals surface area (Å²) in [7, 11) is 1.34. The van der Waals surface area contributed by atoms with Gasteiger partial charge in [-0.05, 0) is 17.2 Å². The number of imidazole rings is 1. The van der Waals surface area contributed by atoms with Crippen molar-refractivity contribution in [3.8, 4) is 0 Å². The molecule has 0 unspecified atom stereocenters. The van der Waals surface area contributed by atoms with Crippen LogP contribution < -0.4 is 0 Å². The predicted octanol–water partition coefficient (Wildman–Crippen LogP) is 1.93. The highest BCUT2D eigenvalue weighted by Crippen LogP contribution is 2.09. The molecule has 1 aromatic carbocycles. The van der Waals surface area contributed by atoms with E-state index in [9.17, 15) is 9.59 Å². The van der Waals surface area contributed by atoms with Crippen molar-refractivity contribution in [3.63, 3.8) is 0 Å². The third-order valence-electron chi connectivity index (χ3n) is 2.80. The second-order valence-electron chi connectivity index (χ2n) is 4.13. The second kappa shape index (κ2) is 6.47. The monoisotopic (exact) mass is 270 g/mol. The number of benzene rings is 1. The lowest BCUT2D eigenvalue weighted by molar-refractivity contribution is -0.134. The van der Waals surface area contributed by atoms with Crippen molar-refractivity contribution < 1.29 is 14.3 Å². The molecule has 0 spiro atoms. The van der Waals surface area contributed by atoms with Crippen LogP contribution in [0.3, 0.4) is 0 Å². The first kappa shape index (κ1) is 13.7. The van der Waals surface area contributed by atoms with Crippen LogP contribution in [0.1, 0.15) is 21.7 Å². The molecular formula is C15H14N2O3. The number of aldehydes is 1. The van der Waals surface area contributed by atoms with E-state index in [1.807, 2.05) is 24.3 Å². The number of carbonyl (C=O) groups is 2. The first-order valence-electron chi connectivity index (χ1n) is 6.04. The molecule has 0 fully saturated rings. The van der Waals surface area contributed by atoms with Gasteiger partial charge in [-0.2, -0.15) is 0 Å². The maximum absolute atomic E-state index is 11.0. The molecule has 102 valence electrons. The van der Waals surface area contributed by atoms with Gasteiger partial charge in [0, 0.05) is 25.0 Å². The number of ether oxygens (including phenoxy) is 1. The highest BCUT2D eigenvalue weighted by Gasteiger charge is 2.01. The Morgan fingerprint density at radius 2 is 2.10 bits per heavy atom. The van der Waals surface area contributed by atoms with E-state index in [0.29, 0.717) is 12.4 Å². The van der Waals surface area contributed by atoms with Gasteiger partial charge < -0.3 is 9.30 Å². The lowest BCUT2D eigenvalue weighted by Gasteiger charge is -2.04. The van der Waals surface area contributed by atoms with Crippen LogP contribution in [0.25, 0.3) is 6.08 Å². The van der Waals surface area contributed by atoms with E-state index in [0.717, 1.165) is 17.4 Å². The van der Waals surface area contributed by atoms with Crippen molar-refractivity contribution >= 4 is 18.3 Å². The van der Waals surface area contributed by atoms with E-state index in [2.05, 4.69) is 9.72 Å². The zero-order valence-electron chi connectivity index (χ0n) is 11.0. The summed E-state index contributed by atoms with van der Waals surface area (Å²) >= 11 is 0. The Hall–Kier alpha value is -2.69. The average molecular weight is 270 g/mol. The predicted molar refractivity (Wildman–Crippen MR) is 74.2 cm³/mol. The molecule has 0 N–H and O–H groups in total. The van der Waals surface area contributed by atoms with Gasteiger partial charge in [-0.25, -0.2) is 9.78 Å². The van der Waals surface area contributed by atoms with Crippen LogP contribution in [0.2, 0.25) is 0 Å². The fourth-order valence-corrected chi connectivity index (χ4v) is 1.74. The number of hydrogen-bond donors (Lipinski definition) is 0. The van der Waals surface area contributed by atoms with E-state index in [1.165, 1.54) is 13.2 Å². The molecule has 0 bridgehead atoms. The number of esters is 1. The zero-order chi connectivity index (χ0) is 14.4. The summed E-state index contributed by atoms with van der Waals surface area (Å²) in [5, 5.41) is 0. The largest absolute Gasteiger partial charge is 0.466 e. The van der Waals surface area contributed by atoms with Crippen LogP contribution in [0, 0.1) is 0 Å². The fourth-order valence-electron chi connectivity index (χ4n) is 1.74. The van der Waals surface area contributed by atoms with E-state index in [1.54, 1.807) is 23.0 Å². The van der Waals surface area contributed by atoms with E-state index >= 15 is 0 Å². The lowest BCUT2D eigenvalue weighted by atomic mass is 10.1. The molecule has 0 saturated carbocycles.